The van der Waals surface area contributed by atoms with Crippen molar-refractivity contribution in [2.75, 3.05) is 6.61 Å². The zero-order chi connectivity index (χ0) is 11.5. The summed E-state index contributed by atoms with van der Waals surface area (Å²) in [6.45, 7) is 2.78. The minimum Gasteiger partial charge on any atom is -0.491 e. The predicted octanol–water partition coefficient (Wildman–Crippen LogP) is 4.28. The number of hydrogen-bond acceptors (Lipinski definition) is 2. The van der Waals surface area contributed by atoms with Crippen LogP contribution in [0.4, 0.5) is 0 Å². The standard InChI is InChI=1S/C12H11ClINO/c1-2-6-16-10-5-3-4-8-11(13)9(14)7-15-12(8)10/h3-5,7H,2,6H2,1H3. The van der Waals surface area contributed by atoms with Gasteiger partial charge in [0, 0.05) is 11.6 Å². The molecule has 0 fully saturated rings. The Kier molecular flexibility index (Phi) is 3.86. The second kappa shape index (κ2) is 5.19. The predicted molar refractivity (Wildman–Crippen MR) is 75.3 cm³/mol. The van der Waals surface area contributed by atoms with Gasteiger partial charge in [0.2, 0.25) is 0 Å². The van der Waals surface area contributed by atoms with Gasteiger partial charge in [-0.1, -0.05) is 30.7 Å². The number of benzene rings is 1. The molecule has 84 valence electrons. The first kappa shape index (κ1) is 11.9. The fourth-order valence-corrected chi connectivity index (χ4v) is 2.10. The Balaban J connectivity index is 2.56. The molecule has 2 nitrogen and oxygen atoms in total. The van der Waals surface area contributed by atoms with Gasteiger partial charge in [0.05, 0.1) is 15.2 Å². The molecule has 0 unspecified atom stereocenters. The summed E-state index contributed by atoms with van der Waals surface area (Å²) in [7, 11) is 0. The molecule has 0 radical (unpaired) electrons. The molecular formula is C12H11ClINO. The van der Waals surface area contributed by atoms with Crippen LogP contribution in [0.15, 0.2) is 24.4 Å². The third-order valence-corrected chi connectivity index (χ3v) is 3.76. The lowest BCUT2D eigenvalue weighted by molar-refractivity contribution is 0.320. The van der Waals surface area contributed by atoms with Crippen LogP contribution in [0.1, 0.15) is 13.3 Å². The Labute approximate surface area is 113 Å². The highest BCUT2D eigenvalue weighted by molar-refractivity contribution is 14.1. The van der Waals surface area contributed by atoms with Crippen molar-refractivity contribution < 1.29 is 4.74 Å². The van der Waals surface area contributed by atoms with E-state index in [1.807, 2.05) is 18.2 Å². The van der Waals surface area contributed by atoms with E-state index in [1.54, 1.807) is 6.20 Å². The molecule has 0 saturated heterocycles. The van der Waals surface area contributed by atoms with Crippen LogP contribution in [0.5, 0.6) is 5.75 Å². The number of rotatable bonds is 3. The van der Waals surface area contributed by atoms with Crippen molar-refractivity contribution in [3.05, 3.63) is 33.0 Å². The van der Waals surface area contributed by atoms with Gasteiger partial charge >= 0.3 is 0 Å². The molecule has 1 heterocycles. The molecule has 1 aromatic carbocycles. The third kappa shape index (κ3) is 2.25. The summed E-state index contributed by atoms with van der Waals surface area (Å²) in [5, 5.41) is 1.69. The maximum atomic E-state index is 6.23. The first-order valence-corrected chi connectivity index (χ1v) is 6.55. The highest BCUT2D eigenvalue weighted by Crippen LogP contribution is 2.31. The fraction of sp³-hybridized carbons (Fsp3) is 0.250. The van der Waals surface area contributed by atoms with Gasteiger partial charge < -0.3 is 4.74 Å². The number of fused-ring (bicyclic) bond motifs is 1. The molecule has 2 aromatic rings. The molecule has 0 saturated carbocycles. The molecule has 0 atom stereocenters. The van der Waals surface area contributed by atoms with Crippen molar-refractivity contribution in [3.8, 4) is 5.75 Å². The van der Waals surface area contributed by atoms with E-state index in [1.165, 1.54) is 0 Å². The summed E-state index contributed by atoms with van der Waals surface area (Å²) in [5.74, 6) is 0.803. The Morgan fingerprint density at radius 2 is 2.25 bits per heavy atom. The van der Waals surface area contributed by atoms with Gasteiger partial charge in [-0.3, -0.25) is 4.98 Å². The lowest BCUT2D eigenvalue weighted by Gasteiger charge is -2.08. The normalized spacial score (nSPS) is 10.7. The zero-order valence-electron chi connectivity index (χ0n) is 8.84. The average Bonchev–Trinajstić information content (AvgIpc) is 2.31. The van der Waals surface area contributed by atoms with E-state index in [0.717, 1.165) is 31.7 Å². The molecule has 0 N–H and O–H groups in total. The third-order valence-electron chi connectivity index (χ3n) is 2.21. The second-order valence-corrected chi connectivity index (χ2v) is 4.96. The van der Waals surface area contributed by atoms with E-state index in [2.05, 4.69) is 34.5 Å². The lowest BCUT2D eigenvalue weighted by Crippen LogP contribution is -1.97. The van der Waals surface area contributed by atoms with Crippen LogP contribution in [0.2, 0.25) is 5.02 Å². The number of ether oxygens (including phenoxy) is 1. The number of halogens is 2. The number of hydrogen-bond donors (Lipinski definition) is 0. The average molecular weight is 348 g/mol. The van der Waals surface area contributed by atoms with Gasteiger partial charge in [-0.05, 0) is 35.1 Å². The highest BCUT2D eigenvalue weighted by atomic mass is 127. The van der Waals surface area contributed by atoms with Crippen LogP contribution in [0.3, 0.4) is 0 Å². The summed E-state index contributed by atoms with van der Waals surface area (Å²) in [5.41, 5.74) is 0.835. The van der Waals surface area contributed by atoms with E-state index in [0.29, 0.717) is 6.61 Å². The first-order chi connectivity index (χ1) is 7.74. The zero-order valence-corrected chi connectivity index (χ0v) is 11.7. The Morgan fingerprint density at radius 3 is 3.00 bits per heavy atom. The number of nitrogens with zero attached hydrogens (tertiary/aromatic N) is 1. The van der Waals surface area contributed by atoms with E-state index in [4.69, 9.17) is 16.3 Å². The topological polar surface area (TPSA) is 22.1 Å². The van der Waals surface area contributed by atoms with Crippen molar-refractivity contribution in [1.29, 1.82) is 0 Å². The van der Waals surface area contributed by atoms with E-state index >= 15 is 0 Å². The van der Waals surface area contributed by atoms with Crippen molar-refractivity contribution in [2.45, 2.75) is 13.3 Å². The van der Waals surface area contributed by atoms with Crippen LogP contribution in [-0.4, -0.2) is 11.6 Å². The minimum absolute atomic E-state index is 0.699. The van der Waals surface area contributed by atoms with Gasteiger partial charge in [0.25, 0.3) is 0 Å². The number of para-hydroxylation sites is 1. The van der Waals surface area contributed by atoms with E-state index in [-0.39, 0.29) is 0 Å². The first-order valence-electron chi connectivity index (χ1n) is 5.09. The smallest absolute Gasteiger partial charge is 0.145 e. The van der Waals surface area contributed by atoms with Gasteiger partial charge in [0.15, 0.2) is 0 Å². The SMILES string of the molecule is CCCOc1cccc2c(Cl)c(I)cnc12. The number of aromatic nitrogens is 1. The lowest BCUT2D eigenvalue weighted by atomic mass is 10.2. The molecule has 0 aliphatic rings. The molecule has 0 bridgehead atoms. The maximum Gasteiger partial charge on any atom is 0.145 e. The summed E-state index contributed by atoms with van der Waals surface area (Å²) in [4.78, 5) is 4.38. The van der Waals surface area contributed by atoms with E-state index in [9.17, 15) is 0 Å². The van der Waals surface area contributed by atoms with Gasteiger partial charge in [-0.25, -0.2) is 0 Å². The molecule has 4 heteroatoms. The molecule has 2 rings (SSSR count). The molecule has 16 heavy (non-hydrogen) atoms. The summed E-state index contributed by atoms with van der Waals surface area (Å²) >= 11 is 8.41. The highest BCUT2D eigenvalue weighted by Gasteiger charge is 2.08. The maximum absolute atomic E-state index is 6.23. The van der Waals surface area contributed by atoms with Crippen LogP contribution in [0.25, 0.3) is 10.9 Å². The van der Waals surface area contributed by atoms with Crippen LogP contribution in [0, 0.1) is 3.57 Å². The Hall–Kier alpha value is -0.550. The molecule has 0 aliphatic heterocycles. The fourth-order valence-electron chi connectivity index (χ4n) is 1.47. The van der Waals surface area contributed by atoms with Crippen molar-refractivity contribution in [1.82, 2.24) is 4.98 Å². The Morgan fingerprint density at radius 1 is 1.44 bits per heavy atom. The van der Waals surface area contributed by atoms with Crippen molar-refractivity contribution in [2.24, 2.45) is 0 Å². The number of pyridine rings is 1. The largest absolute Gasteiger partial charge is 0.491 e. The quantitative estimate of drug-likeness (QED) is 0.773. The van der Waals surface area contributed by atoms with Gasteiger partial charge in [0.1, 0.15) is 11.3 Å². The Bertz CT molecular complexity index is 516. The molecule has 0 amide bonds. The molecule has 0 aliphatic carbocycles. The van der Waals surface area contributed by atoms with Crippen molar-refractivity contribution in [3.63, 3.8) is 0 Å². The molecular weight excluding hydrogens is 336 g/mol. The summed E-state index contributed by atoms with van der Waals surface area (Å²) in [6.07, 6.45) is 2.75. The van der Waals surface area contributed by atoms with Crippen LogP contribution < -0.4 is 4.74 Å². The summed E-state index contributed by atoms with van der Waals surface area (Å²) < 4.78 is 6.60. The minimum atomic E-state index is 0.699. The van der Waals surface area contributed by atoms with Crippen LogP contribution >= 0.6 is 34.2 Å². The van der Waals surface area contributed by atoms with Crippen LogP contribution in [-0.2, 0) is 0 Å². The van der Waals surface area contributed by atoms with Gasteiger partial charge in [-0.2, -0.15) is 0 Å². The van der Waals surface area contributed by atoms with E-state index < -0.39 is 0 Å². The second-order valence-electron chi connectivity index (χ2n) is 3.42. The molecule has 0 spiro atoms. The van der Waals surface area contributed by atoms with Crippen molar-refractivity contribution >= 4 is 45.1 Å². The summed E-state index contributed by atoms with van der Waals surface area (Å²) in [6, 6.07) is 5.83. The van der Waals surface area contributed by atoms with Gasteiger partial charge in [-0.15, -0.1) is 0 Å². The molecule has 1 aromatic heterocycles. The monoisotopic (exact) mass is 347 g/mol.